The SMILES string of the molecule is COCCNCc1cnn(Cc2ccc3c(c2)CCC3)c1. The lowest BCUT2D eigenvalue weighted by atomic mass is 10.1. The largest absolute Gasteiger partial charge is 0.383 e. The van der Waals surface area contributed by atoms with Crippen LogP contribution in [0.15, 0.2) is 30.6 Å². The average molecular weight is 285 g/mol. The standard InChI is InChI=1S/C17H23N3O/c1-21-8-7-18-10-15-11-19-20(13-15)12-14-5-6-16-3-2-4-17(16)9-14/h5-6,9,11,13,18H,2-4,7-8,10,12H2,1H3. The normalized spacial score (nSPS) is 13.6. The van der Waals surface area contributed by atoms with Crippen molar-refractivity contribution in [3.05, 3.63) is 52.8 Å². The molecule has 0 saturated carbocycles. The Morgan fingerprint density at radius 1 is 1.24 bits per heavy atom. The number of hydrogen-bond acceptors (Lipinski definition) is 3. The Bertz CT molecular complexity index is 591. The highest BCUT2D eigenvalue weighted by Gasteiger charge is 2.11. The minimum absolute atomic E-state index is 0.739. The molecule has 1 aromatic heterocycles. The van der Waals surface area contributed by atoms with E-state index in [0.29, 0.717) is 0 Å². The molecule has 1 aliphatic carbocycles. The van der Waals surface area contributed by atoms with Gasteiger partial charge in [-0.05, 0) is 36.0 Å². The zero-order valence-electron chi connectivity index (χ0n) is 12.6. The van der Waals surface area contributed by atoms with Crippen LogP contribution >= 0.6 is 0 Å². The molecule has 4 heteroatoms. The maximum atomic E-state index is 5.02. The Labute approximate surface area is 126 Å². The second-order valence-electron chi connectivity index (χ2n) is 5.67. The molecule has 3 rings (SSSR count). The Hall–Kier alpha value is -1.65. The van der Waals surface area contributed by atoms with Gasteiger partial charge in [0.2, 0.25) is 0 Å². The number of aromatic nitrogens is 2. The van der Waals surface area contributed by atoms with E-state index in [-0.39, 0.29) is 0 Å². The summed E-state index contributed by atoms with van der Waals surface area (Å²) in [5.41, 5.74) is 5.62. The summed E-state index contributed by atoms with van der Waals surface area (Å²) < 4.78 is 7.04. The van der Waals surface area contributed by atoms with Crippen LogP contribution in [-0.4, -0.2) is 30.0 Å². The summed E-state index contributed by atoms with van der Waals surface area (Å²) in [7, 11) is 1.72. The van der Waals surface area contributed by atoms with E-state index in [0.717, 1.165) is 26.2 Å². The third-order valence-corrected chi connectivity index (χ3v) is 4.01. The van der Waals surface area contributed by atoms with Crippen LogP contribution in [0, 0.1) is 0 Å². The Morgan fingerprint density at radius 3 is 3.05 bits per heavy atom. The number of nitrogens with one attached hydrogen (secondary N) is 1. The second-order valence-corrected chi connectivity index (χ2v) is 5.67. The summed E-state index contributed by atoms with van der Waals surface area (Å²) in [6.45, 7) is 3.30. The van der Waals surface area contributed by atoms with Gasteiger partial charge in [-0.3, -0.25) is 4.68 Å². The van der Waals surface area contributed by atoms with Crippen molar-refractivity contribution in [1.82, 2.24) is 15.1 Å². The Kier molecular flexibility index (Phi) is 4.68. The number of aryl methyl sites for hydroxylation is 2. The van der Waals surface area contributed by atoms with Crippen molar-refractivity contribution in [3.63, 3.8) is 0 Å². The summed E-state index contributed by atoms with van der Waals surface area (Å²) in [4.78, 5) is 0. The molecule has 0 unspecified atom stereocenters. The minimum Gasteiger partial charge on any atom is -0.383 e. The first-order chi connectivity index (χ1) is 10.3. The van der Waals surface area contributed by atoms with Gasteiger partial charge in [-0.25, -0.2) is 0 Å². The highest BCUT2D eigenvalue weighted by atomic mass is 16.5. The lowest BCUT2D eigenvalue weighted by molar-refractivity contribution is 0.199. The van der Waals surface area contributed by atoms with Crippen molar-refractivity contribution in [2.24, 2.45) is 0 Å². The maximum absolute atomic E-state index is 5.02. The van der Waals surface area contributed by atoms with Crippen molar-refractivity contribution in [2.45, 2.75) is 32.4 Å². The van der Waals surface area contributed by atoms with Crippen LogP contribution in [0.1, 0.15) is 28.7 Å². The van der Waals surface area contributed by atoms with Gasteiger partial charge in [0.25, 0.3) is 0 Å². The fourth-order valence-electron chi connectivity index (χ4n) is 2.90. The van der Waals surface area contributed by atoms with E-state index < -0.39 is 0 Å². The highest BCUT2D eigenvalue weighted by Crippen LogP contribution is 2.23. The molecule has 0 amide bonds. The number of ether oxygens (including phenoxy) is 1. The van der Waals surface area contributed by atoms with Crippen molar-refractivity contribution in [3.8, 4) is 0 Å². The molecule has 112 valence electrons. The quantitative estimate of drug-likeness (QED) is 0.792. The fourth-order valence-corrected chi connectivity index (χ4v) is 2.90. The lowest BCUT2D eigenvalue weighted by Crippen LogP contribution is -2.18. The summed E-state index contributed by atoms with van der Waals surface area (Å²) in [5.74, 6) is 0. The van der Waals surface area contributed by atoms with E-state index in [9.17, 15) is 0 Å². The number of fused-ring (bicyclic) bond motifs is 1. The maximum Gasteiger partial charge on any atom is 0.0659 e. The highest BCUT2D eigenvalue weighted by molar-refractivity contribution is 5.35. The van der Waals surface area contributed by atoms with Crippen molar-refractivity contribution in [1.29, 1.82) is 0 Å². The van der Waals surface area contributed by atoms with E-state index in [1.54, 1.807) is 7.11 Å². The van der Waals surface area contributed by atoms with E-state index in [4.69, 9.17) is 4.74 Å². The summed E-state index contributed by atoms with van der Waals surface area (Å²) in [6.07, 6.45) is 7.84. The lowest BCUT2D eigenvalue weighted by Gasteiger charge is -2.05. The third-order valence-electron chi connectivity index (χ3n) is 4.01. The first-order valence-corrected chi connectivity index (χ1v) is 7.67. The molecule has 1 heterocycles. The van der Waals surface area contributed by atoms with Gasteiger partial charge in [-0.15, -0.1) is 0 Å². The van der Waals surface area contributed by atoms with E-state index >= 15 is 0 Å². The molecule has 4 nitrogen and oxygen atoms in total. The van der Waals surface area contributed by atoms with Crippen LogP contribution in [-0.2, 0) is 30.7 Å². The number of methoxy groups -OCH3 is 1. The minimum atomic E-state index is 0.739. The fraction of sp³-hybridized carbons (Fsp3) is 0.471. The number of benzene rings is 1. The summed E-state index contributed by atoms with van der Waals surface area (Å²) in [5, 5.41) is 7.78. The monoisotopic (exact) mass is 285 g/mol. The van der Waals surface area contributed by atoms with Gasteiger partial charge in [0.1, 0.15) is 0 Å². The summed E-state index contributed by atoms with van der Waals surface area (Å²) >= 11 is 0. The molecule has 1 N–H and O–H groups in total. The van der Waals surface area contributed by atoms with Crippen molar-refractivity contribution in [2.75, 3.05) is 20.3 Å². The molecule has 0 radical (unpaired) electrons. The van der Waals surface area contributed by atoms with Crippen LogP contribution in [0.3, 0.4) is 0 Å². The van der Waals surface area contributed by atoms with Gasteiger partial charge < -0.3 is 10.1 Å². The summed E-state index contributed by atoms with van der Waals surface area (Å²) in [6, 6.07) is 6.87. The van der Waals surface area contributed by atoms with Crippen LogP contribution in [0.2, 0.25) is 0 Å². The Morgan fingerprint density at radius 2 is 2.14 bits per heavy atom. The molecule has 1 aliphatic rings. The van der Waals surface area contributed by atoms with Crippen molar-refractivity contribution >= 4 is 0 Å². The van der Waals surface area contributed by atoms with Gasteiger partial charge in [0.05, 0.1) is 19.3 Å². The molecule has 0 atom stereocenters. The predicted molar refractivity (Wildman–Crippen MR) is 83.4 cm³/mol. The smallest absolute Gasteiger partial charge is 0.0659 e. The van der Waals surface area contributed by atoms with Gasteiger partial charge in [0.15, 0.2) is 0 Å². The van der Waals surface area contributed by atoms with Gasteiger partial charge >= 0.3 is 0 Å². The number of nitrogens with zero attached hydrogens (tertiary/aromatic N) is 2. The van der Waals surface area contributed by atoms with E-state index in [1.807, 2.05) is 10.9 Å². The molecule has 0 bridgehead atoms. The first kappa shape index (κ1) is 14.3. The van der Waals surface area contributed by atoms with Crippen molar-refractivity contribution < 1.29 is 4.74 Å². The van der Waals surface area contributed by atoms with Crippen LogP contribution in [0.25, 0.3) is 0 Å². The van der Waals surface area contributed by atoms with Gasteiger partial charge in [-0.1, -0.05) is 18.2 Å². The molecule has 0 spiro atoms. The molecule has 2 aromatic rings. The molecule has 0 aliphatic heterocycles. The molecular weight excluding hydrogens is 262 g/mol. The van der Waals surface area contributed by atoms with Crippen LogP contribution in [0.5, 0.6) is 0 Å². The number of rotatable bonds is 7. The number of hydrogen-bond donors (Lipinski definition) is 1. The average Bonchev–Trinajstić information content (AvgIpc) is 3.12. The van der Waals surface area contributed by atoms with Crippen LogP contribution < -0.4 is 5.32 Å². The van der Waals surface area contributed by atoms with E-state index in [1.165, 1.54) is 41.5 Å². The van der Waals surface area contributed by atoms with Crippen LogP contribution in [0.4, 0.5) is 0 Å². The molecular formula is C17H23N3O. The first-order valence-electron chi connectivity index (χ1n) is 7.67. The molecule has 0 fully saturated rings. The molecule has 0 saturated heterocycles. The van der Waals surface area contributed by atoms with E-state index in [2.05, 4.69) is 34.8 Å². The molecule has 1 aromatic carbocycles. The Balaban J connectivity index is 1.57. The molecule has 21 heavy (non-hydrogen) atoms. The van der Waals surface area contributed by atoms with Gasteiger partial charge in [-0.2, -0.15) is 5.10 Å². The second kappa shape index (κ2) is 6.87. The van der Waals surface area contributed by atoms with Gasteiger partial charge in [0, 0.05) is 32.0 Å². The zero-order chi connectivity index (χ0) is 14.5. The zero-order valence-corrected chi connectivity index (χ0v) is 12.6. The third kappa shape index (κ3) is 3.71. The predicted octanol–water partition coefficient (Wildman–Crippen LogP) is 2.16. The topological polar surface area (TPSA) is 39.1 Å².